The van der Waals surface area contributed by atoms with E-state index in [-0.39, 0.29) is 16.6 Å². The van der Waals surface area contributed by atoms with Crippen LogP contribution in [0.2, 0.25) is 0 Å². The molecule has 1 saturated carbocycles. The van der Waals surface area contributed by atoms with Crippen LogP contribution in [0, 0.1) is 18.2 Å². The van der Waals surface area contributed by atoms with E-state index in [2.05, 4.69) is 13.8 Å². The van der Waals surface area contributed by atoms with Crippen LogP contribution in [-0.2, 0) is 5.41 Å². The lowest BCUT2D eigenvalue weighted by atomic mass is 9.87. The average Bonchev–Trinajstić information content (AvgIpc) is 2.75. The van der Waals surface area contributed by atoms with Gasteiger partial charge in [0.25, 0.3) is 0 Å². The molecule has 1 aromatic rings. The molecule has 0 aromatic heterocycles. The molecule has 1 nitrogen and oxygen atoms in total. The van der Waals surface area contributed by atoms with Gasteiger partial charge in [-0.2, -0.15) is 0 Å². The Bertz CT molecular complexity index is 398. The Labute approximate surface area is 90.5 Å². The Morgan fingerprint density at radius 3 is 2.40 bits per heavy atom. The summed E-state index contributed by atoms with van der Waals surface area (Å²) in [5.41, 5.74) is 7.81. The molecule has 1 aliphatic rings. The van der Waals surface area contributed by atoms with Crippen LogP contribution in [0.15, 0.2) is 18.2 Å². The van der Waals surface area contributed by atoms with Gasteiger partial charge < -0.3 is 5.73 Å². The van der Waals surface area contributed by atoms with Gasteiger partial charge in [-0.05, 0) is 36.0 Å². The molecule has 1 unspecified atom stereocenters. The molecule has 1 aromatic carbocycles. The highest BCUT2D eigenvalue weighted by Crippen LogP contribution is 2.63. The van der Waals surface area contributed by atoms with E-state index in [1.807, 2.05) is 12.1 Å². The van der Waals surface area contributed by atoms with E-state index in [4.69, 9.17) is 5.73 Å². The van der Waals surface area contributed by atoms with Crippen LogP contribution in [-0.4, -0.2) is 6.54 Å². The first-order valence-electron chi connectivity index (χ1n) is 5.40. The SMILES string of the molecule is Cc1ccc(C2(CN)CC2(C)C)cc1F. The molecule has 1 atom stereocenters. The van der Waals surface area contributed by atoms with Crippen LogP contribution in [0.25, 0.3) is 0 Å². The van der Waals surface area contributed by atoms with E-state index in [1.165, 1.54) is 0 Å². The summed E-state index contributed by atoms with van der Waals surface area (Å²) in [6.45, 7) is 6.77. The minimum atomic E-state index is -0.122. The Morgan fingerprint density at radius 1 is 1.40 bits per heavy atom. The van der Waals surface area contributed by atoms with E-state index >= 15 is 0 Å². The smallest absolute Gasteiger partial charge is 0.126 e. The molecule has 2 N–H and O–H groups in total. The number of halogens is 1. The number of hydrogen-bond donors (Lipinski definition) is 1. The largest absolute Gasteiger partial charge is 0.330 e. The maximum Gasteiger partial charge on any atom is 0.126 e. The van der Waals surface area contributed by atoms with Gasteiger partial charge >= 0.3 is 0 Å². The van der Waals surface area contributed by atoms with Gasteiger partial charge in [0.15, 0.2) is 0 Å². The number of nitrogens with two attached hydrogens (primary N) is 1. The molecular weight excluding hydrogens is 189 g/mol. The van der Waals surface area contributed by atoms with Crippen molar-refractivity contribution in [1.82, 2.24) is 0 Å². The summed E-state index contributed by atoms with van der Waals surface area (Å²) in [7, 11) is 0. The molecule has 1 aliphatic carbocycles. The Morgan fingerprint density at radius 2 is 2.00 bits per heavy atom. The minimum Gasteiger partial charge on any atom is -0.330 e. The van der Waals surface area contributed by atoms with Gasteiger partial charge in [0.05, 0.1) is 0 Å². The molecule has 0 radical (unpaired) electrons. The van der Waals surface area contributed by atoms with Crippen LogP contribution >= 0.6 is 0 Å². The van der Waals surface area contributed by atoms with Crippen molar-refractivity contribution in [2.45, 2.75) is 32.6 Å². The fourth-order valence-electron chi connectivity index (χ4n) is 2.56. The predicted octanol–water partition coefficient (Wildman–Crippen LogP) is 2.76. The van der Waals surface area contributed by atoms with Crippen LogP contribution in [0.4, 0.5) is 4.39 Å². The first-order chi connectivity index (χ1) is 6.93. The van der Waals surface area contributed by atoms with Gasteiger partial charge in [-0.25, -0.2) is 4.39 Å². The third-order valence-corrected chi connectivity index (χ3v) is 3.99. The molecule has 2 rings (SSSR count). The Hall–Kier alpha value is -0.890. The summed E-state index contributed by atoms with van der Waals surface area (Å²) in [4.78, 5) is 0. The molecule has 0 saturated heterocycles. The maximum atomic E-state index is 13.5. The van der Waals surface area contributed by atoms with Gasteiger partial charge in [-0.1, -0.05) is 26.0 Å². The van der Waals surface area contributed by atoms with Gasteiger partial charge in [-0.3, -0.25) is 0 Å². The third kappa shape index (κ3) is 1.39. The number of hydrogen-bond acceptors (Lipinski definition) is 1. The second-order valence-corrected chi connectivity index (χ2v) is 5.31. The summed E-state index contributed by atoms with van der Waals surface area (Å²) in [5, 5.41) is 0. The van der Waals surface area contributed by atoms with E-state index < -0.39 is 0 Å². The molecule has 0 spiro atoms. The van der Waals surface area contributed by atoms with Crippen LogP contribution in [0.5, 0.6) is 0 Å². The van der Waals surface area contributed by atoms with Gasteiger partial charge in [-0.15, -0.1) is 0 Å². The molecule has 0 aliphatic heterocycles. The highest BCUT2D eigenvalue weighted by molar-refractivity contribution is 5.39. The van der Waals surface area contributed by atoms with Gasteiger partial charge in [0.1, 0.15) is 5.82 Å². The zero-order valence-corrected chi connectivity index (χ0v) is 9.60. The van der Waals surface area contributed by atoms with E-state index in [1.54, 1.807) is 13.0 Å². The fraction of sp³-hybridized carbons (Fsp3) is 0.538. The van der Waals surface area contributed by atoms with E-state index in [0.717, 1.165) is 12.0 Å². The molecule has 0 heterocycles. The molecule has 0 amide bonds. The summed E-state index contributed by atoms with van der Waals surface area (Å²) < 4.78 is 13.5. The first-order valence-corrected chi connectivity index (χ1v) is 5.40. The third-order valence-electron chi connectivity index (χ3n) is 3.99. The average molecular weight is 207 g/mol. The summed E-state index contributed by atoms with van der Waals surface area (Å²) in [6.07, 6.45) is 1.05. The molecule has 2 heteroatoms. The fourth-order valence-corrected chi connectivity index (χ4v) is 2.56. The lowest BCUT2D eigenvalue weighted by molar-refractivity contribution is 0.499. The number of benzene rings is 1. The van der Waals surface area contributed by atoms with Gasteiger partial charge in [0, 0.05) is 12.0 Å². The van der Waals surface area contributed by atoms with Crippen molar-refractivity contribution in [1.29, 1.82) is 0 Å². The maximum absolute atomic E-state index is 13.5. The van der Waals surface area contributed by atoms with Crippen molar-refractivity contribution in [2.75, 3.05) is 6.54 Å². The topological polar surface area (TPSA) is 26.0 Å². The Balaban J connectivity index is 2.42. The van der Waals surface area contributed by atoms with Crippen LogP contribution < -0.4 is 5.73 Å². The summed E-state index contributed by atoms with van der Waals surface area (Å²) >= 11 is 0. The summed E-state index contributed by atoms with van der Waals surface area (Å²) in [5.74, 6) is -0.122. The second kappa shape index (κ2) is 3.05. The van der Waals surface area contributed by atoms with Crippen molar-refractivity contribution in [3.05, 3.63) is 35.1 Å². The van der Waals surface area contributed by atoms with E-state index in [0.29, 0.717) is 12.1 Å². The normalized spacial score (nSPS) is 27.8. The molecular formula is C13H18FN. The molecule has 15 heavy (non-hydrogen) atoms. The minimum absolute atomic E-state index is 0.00153. The number of rotatable bonds is 2. The zero-order valence-electron chi connectivity index (χ0n) is 9.60. The zero-order chi connectivity index (χ0) is 11.3. The molecule has 1 fully saturated rings. The quantitative estimate of drug-likeness (QED) is 0.793. The standard InChI is InChI=1S/C13H18FN/c1-9-4-5-10(6-11(9)14)13(8-15)7-12(13,2)3/h4-6H,7-8,15H2,1-3H3. The van der Waals surface area contributed by atoms with Gasteiger partial charge in [0.2, 0.25) is 0 Å². The van der Waals surface area contributed by atoms with Crippen LogP contribution in [0.1, 0.15) is 31.4 Å². The predicted molar refractivity (Wildman–Crippen MR) is 60.3 cm³/mol. The van der Waals surface area contributed by atoms with Crippen molar-refractivity contribution in [3.63, 3.8) is 0 Å². The Kier molecular flexibility index (Phi) is 2.16. The summed E-state index contributed by atoms with van der Waals surface area (Å²) in [6, 6.07) is 5.51. The monoisotopic (exact) mass is 207 g/mol. The molecule has 0 bridgehead atoms. The second-order valence-electron chi connectivity index (χ2n) is 5.31. The van der Waals surface area contributed by atoms with E-state index in [9.17, 15) is 4.39 Å². The van der Waals surface area contributed by atoms with Crippen molar-refractivity contribution < 1.29 is 4.39 Å². The van der Waals surface area contributed by atoms with Crippen LogP contribution in [0.3, 0.4) is 0 Å². The van der Waals surface area contributed by atoms with Crippen molar-refractivity contribution >= 4 is 0 Å². The van der Waals surface area contributed by atoms with Crippen molar-refractivity contribution in [3.8, 4) is 0 Å². The first kappa shape index (κ1) is 10.6. The molecule has 82 valence electrons. The van der Waals surface area contributed by atoms with Crippen molar-refractivity contribution in [2.24, 2.45) is 11.1 Å². The number of aryl methyl sites for hydroxylation is 1. The lowest BCUT2D eigenvalue weighted by Gasteiger charge is -2.19. The lowest BCUT2D eigenvalue weighted by Crippen LogP contribution is -2.25. The highest BCUT2D eigenvalue weighted by atomic mass is 19.1. The highest BCUT2D eigenvalue weighted by Gasteiger charge is 2.60.